The maximum Gasteiger partial charge on any atom is 0.123 e. The van der Waals surface area contributed by atoms with Crippen LogP contribution in [0.4, 0.5) is 4.39 Å². The summed E-state index contributed by atoms with van der Waals surface area (Å²) in [5.74, 6) is 0.640. The third-order valence-electron chi connectivity index (χ3n) is 4.64. The van der Waals surface area contributed by atoms with Crippen LogP contribution >= 0.6 is 0 Å². The monoisotopic (exact) mass is 358 g/mol. The molecule has 1 aliphatic rings. The van der Waals surface area contributed by atoms with Gasteiger partial charge < -0.3 is 9.84 Å². The van der Waals surface area contributed by atoms with Crippen molar-refractivity contribution < 1.29 is 14.2 Å². The van der Waals surface area contributed by atoms with Gasteiger partial charge in [-0.2, -0.15) is 0 Å². The first-order valence-corrected chi connectivity index (χ1v) is 9.25. The van der Waals surface area contributed by atoms with E-state index in [1.54, 1.807) is 12.1 Å². The van der Waals surface area contributed by atoms with Crippen LogP contribution in [0, 0.1) is 5.82 Å². The molecule has 26 heavy (non-hydrogen) atoms. The zero-order valence-corrected chi connectivity index (χ0v) is 15.1. The van der Waals surface area contributed by atoms with E-state index in [1.165, 1.54) is 11.6 Å². The number of rotatable bonds is 7. The number of aliphatic hydroxyl groups is 1. The smallest absolute Gasteiger partial charge is 0.123 e. The van der Waals surface area contributed by atoms with Crippen LogP contribution in [-0.4, -0.2) is 54.3 Å². The van der Waals surface area contributed by atoms with E-state index in [4.69, 9.17) is 9.84 Å². The molecule has 0 saturated carbocycles. The average molecular weight is 358 g/mol. The molecule has 1 heterocycles. The van der Waals surface area contributed by atoms with E-state index in [1.807, 2.05) is 24.3 Å². The molecule has 2 aromatic carbocycles. The number of halogens is 1. The lowest BCUT2D eigenvalue weighted by Gasteiger charge is -2.22. The molecule has 3 rings (SSSR count). The van der Waals surface area contributed by atoms with Gasteiger partial charge in [-0.25, -0.2) is 4.39 Å². The minimum absolute atomic E-state index is 0.0253. The zero-order chi connectivity index (χ0) is 18.2. The maximum atomic E-state index is 13.4. The minimum atomic E-state index is -0.165. The summed E-state index contributed by atoms with van der Waals surface area (Å²) in [5, 5.41) is 8.88. The summed E-state index contributed by atoms with van der Waals surface area (Å²) in [5.41, 5.74) is 2.26. The second-order valence-corrected chi connectivity index (χ2v) is 6.76. The van der Waals surface area contributed by atoms with Crippen LogP contribution in [0.3, 0.4) is 0 Å². The molecule has 1 N–H and O–H groups in total. The summed E-state index contributed by atoms with van der Waals surface area (Å²) < 4.78 is 18.9. The van der Waals surface area contributed by atoms with Crippen LogP contribution in [0.5, 0.6) is 5.75 Å². The van der Waals surface area contributed by atoms with Gasteiger partial charge in [-0.3, -0.25) is 9.80 Å². The average Bonchev–Trinajstić information content (AvgIpc) is 2.86. The van der Waals surface area contributed by atoms with E-state index in [2.05, 4.69) is 15.9 Å². The zero-order valence-electron chi connectivity index (χ0n) is 15.1. The number of nitrogens with zero attached hydrogens (tertiary/aromatic N) is 2. The molecular formula is C21H27FN2O2. The van der Waals surface area contributed by atoms with E-state index >= 15 is 0 Å². The minimum Gasteiger partial charge on any atom is -0.491 e. The molecule has 5 heteroatoms. The molecule has 4 nitrogen and oxygen atoms in total. The molecule has 0 aliphatic carbocycles. The first-order valence-electron chi connectivity index (χ1n) is 9.25. The molecule has 0 amide bonds. The molecule has 1 saturated heterocycles. The van der Waals surface area contributed by atoms with Crippen molar-refractivity contribution in [1.82, 2.24) is 9.80 Å². The Labute approximate surface area is 154 Å². The largest absolute Gasteiger partial charge is 0.491 e. The van der Waals surface area contributed by atoms with Gasteiger partial charge in [-0.05, 0) is 54.9 Å². The van der Waals surface area contributed by atoms with Gasteiger partial charge in [0.1, 0.15) is 18.2 Å². The summed E-state index contributed by atoms with van der Waals surface area (Å²) >= 11 is 0. The third-order valence-corrected chi connectivity index (χ3v) is 4.64. The van der Waals surface area contributed by atoms with Gasteiger partial charge in [0, 0.05) is 26.2 Å². The molecule has 0 aromatic heterocycles. The standard InChI is InChI=1S/C21H27FN2O2/c22-20-6-1-4-18(14-20)16-23-8-3-9-24(11-10-23)17-19-5-2-7-21(15-19)26-13-12-25/h1-2,4-7,14-15,25H,3,8-13,16-17H2. The predicted octanol–water partition coefficient (Wildman–Crippen LogP) is 2.90. The fraction of sp³-hybridized carbons (Fsp3) is 0.429. The maximum absolute atomic E-state index is 13.4. The topological polar surface area (TPSA) is 35.9 Å². The fourth-order valence-electron chi connectivity index (χ4n) is 3.39. The Bertz CT molecular complexity index is 695. The van der Waals surface area contributed by atoms with Crippen molar-refractivity contribution in [2.45, 2.75) is 19.5 Å². The van der Waals surface area contributed by atoms with Gasteiger partial charge in [-0.1, -0.05) is 24.3 Å². The van der Waals surface area contributed by atoms with Gasteiger partial charge >= 0.3 is 0 Å². The summed E-state index contributed by atoms with van der Waals surface area (Å²) in [6.45, 7) is 6.11. The second kappa shape index (κ2) is 9.67. The van der Waals surface area contributed by atoms with E-state index in [0.717, 1.165) is 57.0 Å². The van der Waals surface area contributed by atoms with Crippen molar-refractivity contribution in [1.29, 1.82) is 0 Å². The van der Waals surface area contributed by atoms with Crippen molar-refractivity contribution in [3.8, 4) is 5.75 Å². The van der Waals surface area contributed by atoms with Crippen molar-refractivity contribution in [2.24, 2.45) is 0 Å². The second-order valence-electron chi connectivity index (χ2n) is 6.76. The number of ether oxygens (including phenoxy) is 1. The first-order chi connectivity index (χ1) is 12.7. The highest BCUT2D eigenvalue weighted by atomic mass is 19.1. The summed E-state index contributed by atoms with van der Waals surface area (Å²) in [7, 11) is 0. The lowest BCUT2D eigenvalue weighted by molar-refractivity contribution is 0.201. The molecule has 0 bridgehead atoms. The van der Waals surface area contributed by atoms with E-state index in [-0.39, 0.29) is 12.4 Å². The molecule has 1 fully saturated rings. The Morgan fingerprint density at radius 1 is 0.885 bits per heavy atom. The van der Waals surface area contributed by atoms with Gasteiger partial charge in [0.2, 0.25) is 0 Å². The van der Waals surface area contributed by atoms with Gasteiger partial charge in [0.05, 0.1) is 6.61 Å². The van der Waals surface area contributed by atoms with Crippen LogP contribution in [0.25, 0.3) is 0 Å². The van der Waals surface area contributed by atoms with E-state index in [9.17, 15) is 4.39 Å². The molecule has 0 spiro atoms. The molecular weight excluding hydrogens is 331 g/mol. The lowest BCUT2D eigenvalue weighted by Crippen LogP contribution is -2.30. The van der Waals surface area contributed by atoms with Crippen molar-refractivity contribution in [3.63, 3.8) is 0 Å². The molecule has 1 aliphatic heterocycles. The normalized spacial score (nSPS) is 16.4. The quantitative estimate of drug-likeness (QED) is 0.826. The fourth-order valence-corrected chi connectivity index (χ4v) is 3.39. The Morgan fingerprint density at radius 2 is 1.54 bits per heavy atom. The lowest BCUT2D eigenvalue weighted by atomic mass is 10.2. The number of hydrogen-bond donors (Lipinski definition) is 1. The van der Waals surface area contributed by atoms with Crippen LogP contribution in [0.2, 0.25) is 0 Å². The third kappa shape index (κ3) is 5.80. The highest BCUT2D eigenvalue weighted by Crippen LogP contribution is 2.17. The van der Waals surface area contributed by atoms with Gasteiger partial charge in [-0.15, -0.1) is 0 Å². The summed E-state index contributed by atoms with van der Waals surface area (Å²) in [4.78, 5) is 4.85. The number of benzene rings is 2. The van der Waals surface area contributed by atoms with Crippen molar-refractivity contribution in [2.75, 3.05) is 39.4 Å². The molecule has 2 aromatic rings. The molecule has 0 atom stereocenters. The van der Waals surface area contributed by atoms with Crippen LogP contribution in [0.15, 0.2) is 48.5 Å². The molecule has 0 unspecified atom stereocenters. The van der Waals surface area contributed by atoms with Crippen LogP contribution in [0.1, 0.15) is 17.5 Å². The molecule has 140 valence electrons. The van der Waals surface area contributed by atoms with E-state index in [0.29, 0.717) is 6.61 Å². The van der Waals surface area contributed by atoms with Crippen molar-refractivity contribution in [3.05, 3.63) is 65.5 Å². The van der Waals surface area contributed by atoms with Gasteiger partial charge in [0.25, 0.3) is 0 Å². The highest BCUT2D eigenvalue weighted by Gasteiger charge is 2.15. The predicted molar refractivity (Wildman–Crippen MR) is 101 cm³/mol. The number of aliphatic hydroxyl groups excluding tert-OH is 1. The van der Waals surface area contributed by atoms with E-state index < -0.39 is 0 Å². The number of hydrogen-bond acceptors (Lipinski definition) is 4. The Kier molecular flexibility index (Phi) is 7.00. The molecule has 0 radical (unpaired) electrons. The summed E-state index contributed by atoms with van der Waals surface area (Å²) in [6.07, 6.45) is 1.11. The SMILES string of the molecule is OCCOc1cccc(CN2CCCN(Cc3cccc(F)c3)CC2)c1. The van der Waals surface area contributed by atoms with Crippen LogP contribution in [-0.2, 0) is 13.1 Å². The van der Waals surface area contributed by atoms with Crippen LogP contribution < -0.4 is 4.74 Å². The Hall–Kier alpha value is -1.95. The van der Waals surface area contributed by atoms with Crippen molar-refractivity contribution >= 4 is 0 Å². The Balaban J connectivity index is 1.52. The Morgan fingerprint density at radius 3 is 2.19 bits per heavy atom. The highest BCUT2D eigenvalue weighted by molar-refractivity contribution is 5.28. The first kappa shape index (κ1) is 18.8. The van der Waals surface area contributed by atoms with Gasteiger partial charge in [0.15, 0.2) is 0 Å². The summed E-state index contributed by atoms with van der Waals surface area (Å²) in [6, 6.07) is 15.0.